The SMILES string of the molecule is CCn1nc(C)c(Br)c1CC(O)c1ccc(F)c(Cl)c1. The van der Waals surface area contributed by atoms with Crippen molar-refractivity contribution < 1.29 is 9.50 Å². The van der Waals surface area contributed by atoms with Crippen molar-refractivity contribution in [2.24, 2.45) is 0 Å². The van der Waals surface area contributed by atoms with Gasteiger partial charge in [0, 0.05) is 13.0 Å². The monoisotopic (exact) mass is 360 g/mol. The highest BCUT2D eigenvalue weighted by Crippen LogP contribution is 2.28. The summed E-state index contributed by atoms with van der Waals surface area (Å²) in [5.74, 6) is -0.488. The molecule has 1 aromatic heterocycles. The molecule has 2 aromatic rings. The van der Waals surface area contributed by atoms with Crippen molar-refractivity contribution in [1.29, 1.82) is 0 Å². The highest BCUT2D eigenvalue weighted by molar-refractivity contribution is 9.10. The molecule has 0 fully saturated rings. The number of rotatable bonds is 4. The van der Waals surface area contributed by atoms with E-state index in [0.29, 0.717) is 12.0 Å². The molecule has 0 amide bonds. The van der Waals surface area contributed by atoms with E-state index in [2.05, 4.69) is 21.0 Å². The standard InChI is InChI=1S/C14H15BrClFN2O/c1-3-19-12(14(15)8(2)18-19)7-13(20)9-4-5-11(17)10(16)6-9/h4-6,13,20H,3,7H2,1-2H3. The Balaban J connectivity index is 2.27. The second kappa shape index (κ2) is 6.24. The first-order valence-corrected chi connectivity index (χ1v) is 7.46. The number of halogens is 3. The fourth-order valence-electron chi connectivity index (χ4n) is 2.08. The van der Waals surface area contributed by atoms with Gasteiger partial charge in [-0.1, -0.05) is 17.7 Å². The first-order chi connectivity index (χ1) is 9.43. The summed E-state index contributed by atoms with van der Waals surface area (Å²) < 4.78 is 15.9. The van der Waals surface area contributed by atoms with Crippen LogP contribution in [0.4, 0.5) is 4.39 Å². The highest BCUT2D eigenvalue weighted by Gasteiger charge is 2.18. The molecule has 0 bridgehead atoms. The predicted octanol–water partition coefficient (Wildman–Crippen LogP) is 4.04. The summed E-state index contributed by atoms with van der Waals surface area (Å²) in [6.45, 7) is 4.61. The van der Waals surface area contributed by atoms with Gasteiger partial charge in [0.05, 0.1) is 27.0 Å². The zero-order chi connectivity index (χ0) is 14.9. The number of hydrogen-bond acceptors (Lipinski definition) is 2. The molecule has 0 saturated carbocycles. The lowest BCUT2D eigenvalue weighted by molar-refractivity contribution is 0.175. The van der Waals surface area contributed by atoms with E-state index in [1.807, 2.05) is 18.5 Å². The molecule has 0 radical (unpaired) electrons. The molecule has 20 heavy (non-hydrogen) atoms. The zero-order valence-electron chi connectivity index (χ0n) is 11.2. The Morgan fingerprint density at radius 1 is 1.50 bits per heavy atom. The Morgan fingerprint density at radius 2 is 2.20 bits per heavy atom. The Bertz CT molecular complexity index is 630. The summed E-state index contributed by atoms with van der Waals surface area (Å²) in [7, 11) is 0. The molecule has 0 aliphatic carbocycles. The molecule has 1 unspecified atom stereocenters. The minimum atomic E-state index is -0.759. The molecule has 0 aliphatic heterocycles. The summed E-state index contributed by atoms with van der Waals surface area (Å²) in [6, 6.07) is 4.26. The van der Waals surface area contributed by atoms with E-state index in [4.69, 9.17) is 11.6 Å². The van der Waals surface area contributed by atoms with Crippen molar-refractivity contribution in [3.05, 3.63) is 50.5 Å². The van der Waals surface area contributed by atoms with E-state index in [1.54, 1.807) is 6.07 Å². The van der Waals surface area contributed by atoms with Gasteiger partial charge >= 0.3 is 0 Å². The third kappa shape index (κ3) is 3.05. The van der Waals surface area contributed by atoms with Crippen LogP contribution in [0.15, 0.2) is 22.7 Å². The fraction of sp³-hybridized carbons (Fsp3) is 0.357. The van der Waals surface area contributed by atoms with Crippen molar-refractivity contribution in [2.75, 3.05) is 0 Å². The largest absolute Gasteiger partial charge is 0.388 e. The average molecular weight is 362 g/mol. The topological polar surface area (TPSA) is 38.0 Å². The number of aryl methyl sites for hydroxylation is 2. The lowest BCUT2D eigenvalue weighted by Crippen LogP contribution is -2.09. The van der Waals surface area contributed by atoms with Gasteiger partial charge in [-0.3, -0.25) is 4.68 Å². The molecule has 0 spiro atoms. The molecule has 108 valence electrons. The molecular weight excluding hydrogens is 347 g/mol. The second-order valence-corrected chi connectivity index (χ2v) is 5.76. The van der Waals surface area contributed by atoms with Crippen molar-refractivity contribution in [3.63, 3.8) is 0 Å². The van der Waals surface area contributed by atoms with Crippen LogP contribution in [-0.2, 0) is 13.0 Å². The number of aliphatic hydroxyl groups excluding tert-OH is 1. The van der Waals surface area contributed by atoms with E-state index in [1.165, 1.54) is 12.1 Å². The Hall–Kier alpha value is -0.910. The van der Waals surface area contributed by atoms with E-state index < -0.39 is 11.9 Å². The average Bonchev–Trinajstić information content (AvgIpc) is 2.69. The molecule has 3 nitrogen and oxygen atoms in total. The zero-order valence-corrected chi connectivity index (χ0v) is 13.5. The number of benzene rings is 1. The van der Waals surface area contributed by atoms with Crippen molar-refractivity contribution >= 4 is 27.5 Å². The normalized spacial score (nSPS) is 12.7. The highest BCUT2D eigenvalue weighted by atomic mass is 79.9. The summed E-state index contributed by atoms with van der Waals surface area (Å²) >= 11 is 9.23. The summed E-state index contributed by atoms with van der Waals surface area (Å²) in [5.41, 5.74) is 2.38. The van der Waals surface area contributed by atoms with E-state index >= 15 is 0 Å². The second-order valence-electron chi connectivity index (χ2n) is 4.56. The number of hydrogen-bond donors (Lipinski definition) is 1. The quantitative estimate of drug-likeness (QED) is 0.892. The van der Waals surface area contributed by atoms with Gasteiger partial charge in [0.1, 0.15) is 5.82 Å². The first-order valence-electron chi connectivity index (χ1n) is 6.28. The van der Waals surface area contributed by atoms with Gasteiger partial charge in [-0.15, -0.1) is 0 Å². The van der Waals surface area contributed by atoms with Crippen LogP contribution in [0.5, 0.6) is 0 Å². The predicted molar refractivity (Wildman–Crippen MR) is 80.4 cm³/mol. The summed E-state index contributed by atoms with van der Waals surface area (Å²) in [6.07, 6.45) is -0.372. The minimum absolute atomic E-state index is 0.0146. The van der Waals surface area contributed by atoms with E-state index in [9.17, 15) is 9.50 Å². The van der Waals surface area contributed by atoms with Crippen LogP contribution in [0.2, 0.25) is 5.02 Å². The number of aromatic nitrogens is 2. The van der Waals surface area contributed by atoms with Crippen molar-refractivity contribution in [3.8, 4) is 0 Å². The van der Waals surface area contributed by atoms with Gasteiger partial charge in [-0.05, 0) is 47.5 Å². The van der Waals surface area contributed by atoms with Gasteiger partial charge in [-0.25, -0.2) is 4.39 Å². The van der Waals surface area contributed by atoms with Gasteiger partial charge in [0.2, 0.25) is 0 Å². The van der Waals surface area contributed by atoms with Gasteiger partial charge in [0.15, 0.2) is 0 Å². The van der Waals surface area contributed by atoms with Crippen LogP contribution < -0.4 is 0 Å². The Labute approximate surface area is 130 Å². The maximum Gasteiger partial charge on any atom is 0.141 e. The van der Waals surface area contributed by atoms with Crippen LogP contribution >= 0.6 is 27.5 Å². The first kappa shape index (κ1) is 15.5. The molecule has 2 rings (SSSR count). The molecular formula is C14H15BrClFN2O. The lowest BCUT2D eigenvalue weighted by Gasteiger charge is -2.13. The molecule has 0 aliphatic rings. The van der Waals surface area contributed by atoms with Crippen LogP contribution in [0.25, 0.3) is 0 Å². The van der Waals surface area contributed by atoms with Crippen molar-refractivity contribution in [2.45, 2.75) is 32.9 Å². The molecule has 1 N–H and O–H groups in total. The Kier molecular flexibility index (Phi) is 4.83. The molecule has 1 aromatic carbocycles. The molecule has 6 heteroatoms. The maximum absolute atomic E-state index is 13.1. The maximum atomic E-state index is 13.1. The van der Waals surface area contributed by atoms with Crippen LogP contribution in [0.3, 0.4) is 0 Å². The number of nitrogens with zero attached hydrogens (tertiary/aromatic N) is 2. The fourth-order valence-corrected chi connectivity index (χ4v) is 2.72. The summed E-state index contributed by atoms with van der Waals surface area (Å²) in [4.78, 5) is 0. The van der Waals surface area contributed by atoms with Crippen LogP contribution in [0, 0.1) is 12.7 Å². The van der Waals surface area contributed by atoms with Gasteiger partial charge < -0.3 is 5.11 Å². The smallest absolute Gasteiger partial charge is 0.141 e. The molecule has 1 atom stereocenters. The lowest BCUT2D eigenvalue weighted by atomic mass is 10.0. The van der Waals surface area contributed by atoms with Gasteiger partial charge in [-0.2, -0.15) is 5.10 Å². The van der Waals surface area contributed by atoms with Crippen LogP contribution in [-0.4, -0.2) is 14.9 Å². The minimum Gasteiger partial charge on any atom is -0.388 e. The molecule has 1 heterocycles. The third-order valence-corrected chi connectivity index (χ3v) is 4.49. The third-order valence-electron chi connectivity index (χ3n) is 3.17. The molecule has 0 saturated heterocycles. The van der Waals surface area contributed by atoms with E-state index in [0.717, 1.165) is 22.4 Å². The Morgan fingerprint density at radius 3 is 2.80 bits per heavy atom. The van der Waals surface area contributed by atoms with E-state index in [-0.39, 0.29) is 5.02 Å². The van der Waals surface area contributed by atoms with Crippen LogP contribution in [0.1, 0.15) is 30.0 Å². The van der Waals surface area contributed by atoms with Gasteiger partial charge in [0.25, 0.3) is 0 Å². The number of aliphatic hydroxyl groups is 1. The summed E-state index contributed by atoms with van der Waals surface area (Å²) in [5, 5.41) is 14.7. The van der Waals surface area contributed by atoms with Crippen molar-refractivity contribution in [1.82, 2.24) is 9.78 Å².